The fraction of sp³-hybridized carbons (Fsp3) is 0.444. The SMILES string of the molecule is N#Cc1nc(C2CC2)oc1N1CCN(Cc2cc(F)ccc2F)CC1. The van der Waals surface area contributed by atoms with Gasteiger partial charge in [-0.25, -0.2) is 13.8 Å². The highest BCUT2D eigenvalue weighted by molar-refractivity contribution is 5.48. The maximum Gasteiger partial charge on any atom is 0.234 e. The summed E-state index contributed by atoms with van der Waals surface area (Å²) < 4.78 is 32.9. The van der Waals surface area contributed by atoms with Crippen molar-refractivity contribution in [3.63, 3.8) is 0 Å². The third-order valence-corrected chi connectivity index (χ3v) is 4.72. The number of anilines is 1. The van der Waals surface area contributed by atoms with Gasteiger partial charge in [0.1, 0.15) is 17.7 Å². The van der Waals surface area contributed by atoms with E-state index in [1.54, 1.807) is 0 Å². The number of nitrogens with zero attached hydrogens (tertiary/aromatic N) is 4. The first-order valence-corrected chi connectivity index (χ1v) is 8.46. The Labute approximate surface area is 144 Å². The Morgan fingerprint density at radius 2 is 1.96 bits per heavy atom. The highest BCUT2D eigenvalue weighted by Crippen LogP contribution is 2.41. The normalized spacial score (nSPS) is 18.4. The van der Waals surface area contributed by atoms with E-state index in [1.165, 1.54) is 6.07 Å². The first kappa shape index (κ1) is 16.0. The molecule has 2 aromatic rings. The second-order valence-electron chi connectivity index (χ2n) is 6.59. The van der Waals surface area contributed by atoms with Crippen LogP contribution in [0.1, 0.15) is 35.9 Å². The van der Waals surface area contributed by atoms with Crippen molar-refractivity contribution in [1.82, 2.24) is 9.88 Å². The Morgan fingerprint density at radius 1 is 1.20 bits per heavy atom. The molecule has 2 aliphatic rings. The molecule has 1 saturated heterocycles. The summed E-state index contributed by atoms with van der Waals surface area (Å²) in [6.07, 6.45) is 2.13. The van der Waals surface area contributed by atoms with Gasteiger partial charge in [0.25, 0.3) is 0 Å². The molecule has 1 aromatic carbocycles. The molecule has 0 unspecified atom stereocenters. The summed E-state index contributed by atoms with van der Waals surface area (Å²) in [5, 5.41) is 9.28. The number of halogens is 2. The molecule has 1 aliphatic heterocycles. The molecule has 0 amide bonds. The molecule has 1 saturated carbocycles. The molecule has 2 heterocycles. The Balaban J connectivity index is 1.41. The first-order valence-electron chi connectivity index (χ1n) is 8.46. The van der Waals surface area contributed by atoms with E-state index in [9.17, 15) is 14.0 Å². The van der Waals surface area contributed by atoms with Crippen LogP contribution in [0.25, 0.3) is 0 Å². The average Bonchev–Trinajstić information content (AvgIpc) is 3.38. The maximum absolute atomic E-state index is 13.8. The van der Waals surface area contributed by atoms with E-state index in [0.717, 1.165) is 25.0 Å². The van der Waals surface area contributed by atoms with Crippen molar-refractivity contribution in [3.8, 4) is 6.07 Å². The monoisotopic (exact) mass is 344 g/mol. The van der Waals surface area contributed by atoms with Crippen molar-refractivity contribution in [2.75, 3.05) is 31.1 Å². The molecule has 0 bridgehead atoms. The molecule has 0 atom stereocenters. The van der Waals surface area contributed by atoms with Gasteiger partial charge in [-0.1, -0.05) is 0 Å². The lowest BCUT2D eigenvalue weighted by molar-refractivity contribution is 0.242. The van der Waals surface area contributed by atoms with E-state index in [1.807, 2.05) is 4.90 Å². The van der Waals surface area contributed by atoms with Gasteiger partial charge in [0.2, 0.25) is 17.5 Å². The maximum atomic E-state index is 13.8. The minimum atomic E-state index is -0.428. The minimum absolute atomic E-state index is 0.339. The lowest BCUT2D eigenvalue weighted by atomic mass is 10.1. The molecule has 1 aliphatic carbocycles. The van der Waals surface area contributed by atoms with Gasteiger partial charge < -0.3 is 9.32 Å². The van der Waals surface area contributed by atoms with Crippen LogP contribution in [0.4, 0.5) is 14.7 Å². The second kappa shape index (κ2) is 6.45. The van der Waals surface area contributed by atoms with Crippen LogP contribution in [-0.2, 0) is 6.54 Å². The van der Waals surface area contributed by atoms with Crippen LogP contribution in [-0.4, -0.2) is 36.1 Å². The van der Waals surface area contributed by atoms with Crippen molar-refractivity contribution in [3.05, 3.63) is 47.0 Å². The van der Waals surface area contributed by atoms with Gasteiger partial charge in [-0.2, -0.15) is 5.26 Å². The van der Waals surface area contributed by atoms with Crippen molar-refractivity contribution in [2.24, 2.45) is 0 Å². The Morgan fingerprint density at radius 3 is 2.64 bits per heavy atom. The summed E-state index contributed by atoms with van der Waals surface area (Å²) in [5.41, 5.74) is 0.702. The van der Waals surface area contributed by atoms with Crippen LogP contribution in [0, 0.1) is 23.0 Å². The first-order chi connectivity index (χ1) is 12.1. The molecule has 0 radical (unpaired) electrons. The fourth-order valence-electron chi connectivity index (χ4n) is 3.13. The molecular weight excluding hydrogens is 326 g/mol. The van der Waals surface area contributed by atoms with Crippen molar-refractivity contribution in [2.45, 2.75) is 25.3 Å². The van der Waals surface area contributed by atoms with Gasteiger partial charge in [0, 0.05) is 44.2 Å². The molecule has 5 nitrogen and oxygen atoms in total. The van der Waals surface area contributed by atoms with E-state index in [2.05, 4.69) is 16.0 Å². The fourth-order valence-corrected chi connectivity index (χ4v) is 3.13. The van der Waals surface area contributed by atoms with Crippen LogP contribution < -0.4 is 4.90 Å². The zero-order valence-electron chi connectivity index (χ0n) is 13.7. The number of hydrogen-bond donors (Lipinski definition) is 0. The molecule has 130 valence electrons. The van der Waals surface area contributed by atoms with Crippen molar-refractivity contribution >= 4 is 5.88 Å². The van der Waals surface area contributed by atoms with Gasteiger partial charge in [-0.05, 0) is 31.0 Å². The van der Waals surface area contributed by atoms with Gasteiger partial charge in [-0.15, -0.1) is 0 Å². The summed E-state index contributed by atoms with van der Waals surface area (Å²) >= 11 is 0. The summed E-state index contributed by atoms with van der Waals surface area (Å²) in [4.78, 5) is 8.38. The van der Waals surface area contributed by atoms with E-state index in [4.69, 9.17) is 4.42 Å². The molecule has 25 heavy (non-hydrogen) atoms. The van der Waals surface area contributed by atoms with Crippen LogP contribution in [0.2, 0.25) is 0 Å². The molecule has 4 rings (SSSR count). The molecule has 0 spiro atoms. The number of benzene rings is 1. The standard InChI is InChI=1S/C18H18F2N4O/c19-14-3-4-15(20)13(9-14)11-23-5-7-24(8-6-23)18-16(10-21)22-17(25-18)12-1-2-12/h3-4,9,12H,1-2,5-8,11H2. The molecular formula is C18H18F2N4O. The highest BCUT2D eigenvalue weighted by Gasteiger charge is 2.32. The largest absolute Gasteiger partial charge is 0.423 e. The van der Waals surface area contributed by atoms with Crippen LogP contribution in [0.15, 0.2) is 22.6 Å². The Hall–Kier alpha value is -2.46. The minimum Gasteiger partial charge on any atom is -0.423 e. The Bertz CT molecular complexity index is 817. The average molecular weight is 344 g/mol. The molecule has 7 heteroatoms. The van der Waals surface area contributed by atoms with Crippen molar-refractivity contribution < 1.29 is 13.2 Å². The number of rotatable bonds is 4. The molecule has 1 aromatic heterocycles. The predicted molar refractivity (Wildman–Crippen MR) is 87.0 cm³/mol. The van der Waals surface area contributed by atoms with Crippen molar-refractivity contribution in [1.29, 1.82) is 5.26 Å². The van der Waals surface area contributed by atoms with E-state index < -0.39 is 5.82 Å². The van der Waals surface area contributed by atoms with Crippen LogP contribution in [0.3, 0.4) is 0 Å². The van der Waals surface area contributed by atoms with E-state index in [-0.39, 0.29) is 5.82 Å². The number of nitriles is 1. The quantitative estimate of drug-likeness (QED) is 0.853. The number of hydrogen-bond acceptors (Lipinski definition) is 5. The second-order valence-corrected chi connectivity index (χ2v) is 6.59. The van der Waals surface area contributed by atoms with Gasteiger partial charge in [0.15, 0.2) is 0 Å². The van der Waals surface area contributed by atoms with Gasteiger partial charge in [-0.3, -0.25) is 4.90 Å². The number of oxazole rings is 1. The lowest BCUT2D eigenvalue weighted by Gasteiger charge is -2.34. The van der Waals surface area contributed by atoms with E-state index >= 15 is 0 Å². The van der Waals surface area contributed by atoms with Crippen LogP contribution >= 0.6 is 0 Å². The number of piperazine rings is 1. The smallest absolute Gasteiger partial charge is 0.234 e. The Kier molecular flexibility index (Phi) is 4.14. The lowest BCUT2D eigenvalue weighted by Crippen LogP contribution is -2.46. The zero-order chi connectivity index (χ0) is 17.4. The highest BCUT2D eigenvalue weighted by atomic mass is 19.1. The summed E-state index contributed by atoms with van der Waals surface area (Å²) in [7, 11) is 0. The summed E-state index contributed by atoms with van der Waals surface area (Å²) in [6, 6.07) is 5.64. The van der Waals surface area contributed by atoms with Gasteiger partial charge >= 0.3 is 0 Å². The summed E-state index contributed by atoms with van der Waals surface area (Å²) in [6.45, 7) is 3.04. The van der Waals surface area contributed by atoms with E-state index in [0.29, 0.717) is 61.7 Å². The molecule has 2 fully saturated rings. The topological polar surface area (TPSA) is 56.3 Å². The van der Waals surface area contributed by atoms with Crippen LogP contribution in [0.5, 0.6) is 0 Å². The third-order valence-electron chi connectivity index (χ3n) is 4.72. The predicted octanol–water partition coefficient (Wildman–Crippen LogP) is 3.02. The third kappa shape index (κ3) is 3.35. The molecule has 0 N–H and O–H groups in total. The summed E-state index contributed by atoms with van der Waals surface area (Å²) in [5.74, 6) is 0.748. The zero-order valence-corrected chi connectivity index (χ0v) is 13.7. The van der Waals surface area contributed by atoms with Gasteiger partial charge in [0.05, 0.1) is 0 Å². The number of aromatic nitrogens is 1.